The standard InChI is InChI=1S/C17H20N2O2S2/c1-2-8-18-16(20)10-19-17(21)14-5-3-4-6-15(14)23-12-13-7-9-22-11-13/h3-7,9,11H,2,8,10,12H2,1H3,(H,18,20)(H,19,21). The number of nitrogens with one attached hydrogen (secondary N) is 2. The van der Waals surface area contributed by atoms with Gasteiger partial charge < -0.3 is 10.6 Å². The topological polar surface area (TPSA) is 58.2 Å². The largest absolute Gasteiger partial charge is 0.355 e. The van der Waals surface area contributed by atoms with Crippen LogP contribution in [0.4, 0.5) is 0 Å². The van der Waals surface area contributed by atoms with Crippen LogP contribution in [0, 0.1) is 0 Å². The Kier molecular flexibility index (Phi) is 7.16. The van der Waals surface area contributed by atoms with Crippen LogP contribution in [0.25, 0.3) is 0 Å². The summed E-state index contributed by atoms with van der Waals surface area (Å²) in [5.41, 5.74) is 1.85. The molecule has 2 rings (SSSR count). The average Bonchev–Trinajstić information content (AvgIpc) is 3.09. The summed E-state index contributed by atoms with van der Waals surface area (Å²) in [5, 5.41) is 9.57. The predicted molar refractivity (Wildman–Crippen MR) is 96.0 cm³/mol. The van der Waals surface area contributed by atoms with E-state index in [0.29, 0.717) is 12.1 Å². The van der Waals surface area contributed by atoms with Crippen molar-refractivity contribution in [2.75, 3.05) is 13.1 Å². The highest BCUT2D eigenvalue weighted by molar-refractivity contribution is 7.98. The van der Waals surface area contributed by atoms with Crippen LogP contribution in [0.15, 0.2) is 46.0 Å². The summed E-state index contributed by atoms with van der Waals surface area (Å²) in [5.74, 6) is 0.443. The third-order valence-electron chi connectivity index (χ3n) is 3.09. The van der Waals surface area contributed by atoms with Crippen LogP contribution in [0.3, 0.4) is 0 Å². The SMILES string of the molecule is CCCNC(=O)CNC(=O)c1ccccc1SCc1ccsc1. The fourth-order valence-electron chi connectivity index (χ4n) is 1.90. The summed E-state index contributed by atoms with van der Waals surface area (Å²) < 4.78 is 0. The molecule has 1 aromatic heterocycles. The smallest absolute Gasteiger partial charge is 0.252 e. The molecule has 23 heavy (non-hydrogen) atoms. The van der Waals surface area contributed by atoms with Gasteiger partial charge in [-0.2, -0.15) is 11.3 Å². The second-order valence-electron chi connectivity index (χ2n) is 4.95. The van der Waals surface area contributed by atoms with Gasteiger partial charge in [0.1, 0.15) is 0 Å². The number of amides is 2. The van der Waals surface area contributed by atoms with E-state index in [1.165, 1.54) is 5.56 Å². The zero-order valence-electron chi connectivity index (χ0n) is 13.0. The van der Waals surface area contributed by atoms with Crippen molar-refractivity contribution in [2.45, 2.75) is 24.0 Å². The Morgan fingerprint density at radius 1 is 1.17 bits per heavy atom. The number of hydrogen-bond donors (Lipinski definition) is 2. The number of hydrogen-bond acceptors (Lipinski definition) is 4. The molecule has 2 aromatic rings. The molecule has 0 spiro atoms. The molecule has 0 aliphatic heterocycles. The molecule has 0 aliphatic carbocycles. The molecule has 0 radical (unpaired) electrons. The van der Waals surface area contributed by atoms with Crippen molar-refractivity contribution in [3.05, 3.63) is 52.2 Å². The minimum absolute atomic E-state index is 0.00235. The monoisotopic (exact) mass is 348 g/mol. The molecule has 122 valence electrons. The molecule has 0 fully saturated rings. The van der Waals surface area contributed by atoms with Crippen molar-refractivity contribution < 1.29 is 9.59 Å². The van der Waals surface area contributed by atoms with E-state index >= 15 is 0 Å². The van der Waals surface area contributed by atoms with E-state index in [2.05, 4.69) is 22.1 Å². The van der Waals surface area contributed by atoms with Crippen LogP contribution in [0.5, 0.6) is 0 Å². The average molecular weight is 348 g/mol. The molecule has 2 N–H and O–H groups in total. The summed E-state index contributed by atoms with van der Waals surface area (Å²) >= 11 is 3.29. The van der Waals surface area contributed by atoms with Crippen LogP contribution in [-0.4, -0.2) is 24.9 Å². The zero-order chi connectivity index (χ0) is 16.5. The Morgan fingerprint density at radius 3 is 2.74 bits per heavy atom. The van der Waals surface area contributed by atoms with Crippen LogP contribution < -0.4 is 10.6 Å². The van der Waals surface area contributed by atoms with E-state index in [4.69, 9.17) is 0 Å². The first kappa shape index (κ1) is 17.6. The van der Waals surface area contributed by atoms with E-state index in [-0.39, 0.29) is 18.4 Å². The second-order valence-corrected chi connectivity index (χ2v) is 6.75. The van der Waals surface area contributed by atoms with Gasteiger partial charge in [0.15, 0.2) is 0 Å². The summed E-state index contributed by atoms with van der Waals surface area (Å²) in [7, 11) is 0. The number of rotatable bonds is 8. The Hall–Kier alpha value is -1.79. The van der Waals surface area contributed by atoms with E-state index in [1.54, 1.807) is 29.2 Å². The maximum atomic E-state index is 12.3. The third-order valence-corrected chi connectivity index (χ3v) is 4.96. The third kappa shape index (κ3) is 5.73. The Labute approximate surface area is 144 Å². The lowest BCUT2D eigenvalue weighted by molar-refractivity contribution is -0.120. The molecule has 2 amide bonds. The van der Waals surface area contributed by atoms with E-state index in [0.717, 1.165) is 17.1 Å². The number of benzene rings is 1. The van der Waals surface area contributed by atoms with E-state index in [1.807, 2.05) is 30.5 Å². The number of carbonyl (C=O) groups is 2. The number of carbonyl (C=O) groups excluding carboxylic acids is 2. The second kappa shape index (κ2) is 9.37. The number of thiophene rings is 1. The van der Waals surface area contributed by atoms with Crippen LogP contribution >= 0.6 is 23.1 Å². The van der Waals surface area contributed by atoms with Crippen molar-refractivity contribution in [1.82, 2.24) is 10.6 Å². The highest BCUT2D eigenvalue weighted by Crippen LogP contribution is 2.27. The van der Waals surface area contributed by atoms with Crippen molar-refractivity contribution in [3.8, 4) is 0 Å². The van der Waals surface area contributed by atoms with Gasteiger partial charge in [0.05, 0.1) is 12.1 Å². The zero-order valence-corrected chi connectivity index (χ0v) is 14.6. The molecule has 0 atom stereocenters. The lowest BCUT2D eigenvalue weighted by Gasteiger charge is -2.10. The fraction of sp³-hybridized carbons (Fsp3) is 0.294. The molecule has 0 bridgehead atoms. The van der Waals surface area contributed by atoms with Crippen molar-refractivity contribution in [1.29, 1.82) is 0 Å². The number of thioether (sulfide) groups is 1. The van der Waals surface area contributed by atoms with E-state index < -0.39 is 0 Å². The molecule has 1 heterocycles. The van der Waals surface area contributed by atoms with Crippen molar-refractivity contribution in [3.63, 3.8) is 0 Å². The Morgan fingerprint density at radius 2 is 2.00 bits per heavy atom. The van der Waals surface area contributed by atoms with Gasteiger partial charge >= 0.3 is 0 Å². The Balaban J connectivity index is 1.93. The maximum Gasteiger partial charge on any atom is 0.252 e. The molecular formula is C17H20N2O2S2. The first-order chi connectivity index (χ1) is 11.2. The molecule has 4 nitrogen and oxygen atoms in total. The molecule has 0 saturated heterocycles. The van der Waals surface area contributed by atoms with Gasteiger partial charge in [-0.3, -0.25) is 9.59 Å². The summed E-state index contributed by atoms with van der Waals surface area (Å²) in [6.45, 7) is 2.62. The van der Waals surface area contributed by atoms with Crippen molar-refractivity contribution in [2.24, 2.45) is 0 Å². The van der Waals surface area contributed by atoms with Crippen LogP contribution in [-0.2, 0) is 10.5 Å². The summed E-state index contributed by atoms with van der Waals surface area (Å²) in [6, 6.07) is 9.55. The Bertz CT molecular complexity index is 642. The van der Waals surface area contributed by atoms with Crippen molar-refractivity contribution >= 4 is 34.9 Å². The summed E-state index contributed by atoms with van der Waals surface area (Å²) in [6.07, 6.45) is 0.877. The highest BCUT2D eigenvalue weighted by atomic mass is 32.2. The lowest BCUT2D eigenvalue weighted by atomic mass is 10.2. The minimum atomic E-state index is -0.218. The van der Waals surface area contributed by atoms with E-state index in [9.17, 15) is 9.59 Å². The first-order valence-electron chi connectivity index (χ1n) is 7.48. The van der Waals surface area contributed by atoms with Gasteiger partial charge in [-0.1, -0.05) is 19.1 Å². The normalized spacial score (nSPS) is 10.3. The predicted octanol–water partition coefficient (Wildman–Crippen LogP) is 3.30. The molecule has 6 heteroatoms. The van der Waals surface area contributed by atoms with Crippen LogP contribution in [0.2, 0.25) is 0 Å². The van der Waals surface area contributed by atoms with Gasteiger partial charge in [0.2, 0.25) is 5.91 Å². The molecule has 0 aliphatic rings. The molecule has 0 unspecified atom stereocenters. The maximum absolute atomic E-state index is 12.3. The lowest BCUT2D eigenvalue weighted by Crippen LogP contribution is -2.37. The fourth-order valence-corrected chi connectivity index (χ4v) is 3.67. The highest BCUT2D eigenvalue weighted by Gasteiger charge is 2.12. The summed E-state index contributed by atoms with van der Waals surface area (Å²) in [4.78, 5) is 24.8. The van der Waals surface area contributed by atoms with Gasteiger partial charge in [0, 0.05) is 17.2 Å². The molecule has 1 aromatic carbocycles. The first-order valence-corrected chi connectivity index (χ1v) is 9.41. The minimum Gasteiger partial charge on any atom is -0.355 e. The van der Waals surface area contributed by atoms with Gasteiger partial charge in [-0.05, 0) is 40.9 Å². The molecule has 0 saturated carbocycles. The quantitative estimate of drug-likeness (QED) is 0.720. The van der Waals surface area contributed by atoms with Crippen LogP contribution in [0.1, 0.15) is 29.3 Å². The van der Waals surface area contributed by atoms with Gasteiger partial charge in [-0.25, -0.2) is 0 Å². The molecular weight excluding hydrogens is 328 g/mol. The van der Waals surface area contributed by atoms with Gasteiger partial charge in [-0.15, -0.1) is 11.8 Å². The van der Waals surface area contributed by atoms with Gasteiger partial charge in [0.25, 0.3) is 5.91 Å².